The van der Waals surface area contributed by atoms with Crippen LogP contribution in [0, 0.1) is 6.92 Å². The second-order valence-electron chi connectivity index (χ2n) is 10.5. The molecule has 3 aromatic rings. The van der Waals surface area contributed by atoms with Crippen LogP contribution >= 0.6 is 28.5 Å². The summed E-state index contributed by atoms with van der Waals surface area (Å²) in [6.07, 6.45) is 10.6. The third kappa shape index (κ3) is 2.62. The molecule has 0 fully saturated rings. The molecule has 0 bridgehead atoms. The number of unbranched alkanes of at least 4 members (excludes halogenated alkanes) is 1. The Kier molecular flexibility index (Phi) is 4.64. The molecule has 1 aromatic heterocycles. The van der Waals surface area contributed by atoms with Crippen LogP contribution in [0.2, 0.25) is 7.85 Å². The fourth-order valence-electron chi connectivity index (χ4n) is 6.76. The molecule has 166 valence electrons. The fourth-order valence-corrected chi connectivity index (χ4v) is 56.0. The van der Waals surface area contributed by atoms with Gasteiger partial charge in [-0.3, -0.25) is 0 Å². The van der Waals surface area contributed by atoms with E-state index in [4.69, 9.17) is 21.4 Å². The minimum atomic E-state index is -6.39. The molecule has 32 heavy (non-hydrogen) atoms. The van der Waals surface area contributed by atoms with Crippen molar-refractivity contribution in [2.75, 3.05) is 0 Å². The number of benzene rings is 2. The van der Waals surface area contributed by atoms with Gasteiger partial charge in [0, 0.05) is 0 Å². The first-order valence-electron chi connectivity index (χ1n) is 11.6. The fraction of sp³-hybridized carbons (Fsp3) is 0.250. The van der Waals surface area contributed by atoms with Gasteiger partial charge in [0.15, 0.2) is 0 Å². The van der Waals surface area contributed by atoms with Gasteiger partial charge in [0.2, 0.25) is 0 Å². The van der Waals surface area contributed by atoms with Crippen molar-refractivity contribution < 1.29 is 12.7 Å². The summed E-state index contributed by atoms with van der Waals surface area (Å²) in [6, 6.07) is 21.7. The number of aryl methyl sites for hydroxylation is 1. The summed E-state index contributed by atoms with van der Waals surface area (Å²) in [5.41, 5.74) is 4.94. The van der Waals surface area contributed by atoms with Gasteiger partial charge >= 0.3 is 198 Å². The quantitative estimate of drug-likeness (QED) is 0.234. The van der Waals surface area contributed by atoms with E-state index in [0.717, 1.165) is 19.7 Å². The van der Waals surface area contributed by atoms with Crippen molar-refractivity contribution in [2.45, 2.75) is 38.2 Å². The molecule has 2 aliphatic rings. The van der Waals surface area contributed by atoms with E-state index in [1.54, 1.807) is 11.3 Å². The Morgan fingerprint density at radius 1 is 0.875 bits per heavy atom. The van der Waals surface area contributed by atoms with Crippen molar-refractivity contribution in [3.8, 4) is 11.1 Å². The van der Waals surface area contributed by atoms with E-state index in [1.165, 1.54) is 27.1 Å². The van der Waals surface area contributed by atoms with E-state index in [9.17, 15) is 0 Å². The van der Waals surface area contributed by atoms with E-state index in [-0.39, 0.29) is 7.35 Å². The molecule has 0 radical (unpaired) electrons. The van der Waals surface area contributed by atoms with E-state index in [1.807, 2.05) is 0 Å². The maximum absolute atomic E-state index is 8.65. The van der Waals surface area contributed by atoms with Crippen LogP contribution in [0.25, 0.3) is 11.1 Å². The number of fused-ring (bicyclic) bond motifs is 3. The monoisotopic (exact) mass is 648 g/mol. The molecule has 0 atom stereocenters. The third-order valence-corrected chi connectivity index (χ3v) is 63.8. The van der Waals surface area contributed by atoms with Crippen LogP contribution in [0.3, 0.4) is 0 Å². The Morgan fingerprint density at radius 3 is 1.94 bits per heavy atom. The molecule has 4 heteroatoms. The van der Waals surface area contributed by atoms with Crippen LogP contribution in [0.1, 0.15) is 39.4 Å². The summed E-state index contributed by atoms with van der Waals surface area (Å²) in [5.74, 6) is 0. The summed E-state index contributed by atoms with van der Waals surface area (Å²) in [4.78, 5) is 1.23. The molecular weight excluding hydrogens is 618 g/mol. The van der Waals surface area contributed by atoms with Crippen LogP contribution < -0.4 is 2.63 Å². The third-order valence-electron chi connectivity index (χ3n) is 8.47. The number of allylic oxidation sites excluding steroid dienone is 4. The van der Waals surface area contributed by atoms with Gasteiger partial charge in [0.1, 0.15) is 0 Å². The Bertz CT molecular complexity index is 1370. The molecule has 1 heterocycles. The SMILES string of the molecule is [CH2]=[Hf]([Cl])([Cl])([CH2]CCC)([c]1ccc(C)s1)([CH]1C=CC=C1)[CH]1c2ccccc2-c2ccccc21. The zero-order valence-corrected chi connectivity index (χ0v) is 24.7. The zero-order valence-electron chi connectivity index (χ0n) is 18.7. The molecule has 0 saturated carbocycles. The first-order valence-corrected chi connectivity index (χ1v) is 32.3. The van der Waals surface area contributed by atoms with Crippen molar-refractivity contribution >= 4 is 35.4 Å². The van der Waals surface area contributed by atoms with Crippen molar-refractivity contribution in [1.82, 2.24) is 0 Å². The predicted octanol–water partition coefficient (Wildman–Crippen LogP) is 9.09. The maximum atomic E-state index is 8.65. The van der Waals surface area contributed by atoms with Gasteiger partial charge in [-0.15, -0.1) is 0 Å². The Hall–Kier alpha value is -1.06. The van der Waals surface area contributed by atoms with Gasteiger partial charge in [0.25, 0.3) is 0 Å². The van der Waals surface area contributed by atoms with E-state index in [0.29, 0.717) is 0 Å². The molecule has 5 rings (SSSR count). The molecule has 0 N–H and O–H groups in total. The molecule has 0 nitrogen and oxygen atoms in total. The molecule has 0 saturated heterocycles. The van der Waals surface area contributed by atoms with Gasteiger partial charge in [-0.1, -0.05) is 0 Å². The molecule has 2 aliphatic carbocycles. The minimum absolute atomic E-state index is 0.114. The van der Waals surface area contributed by atoms with Crippen LogP contribution in [-0.4, -0.2) is 4.26 Å². The average Bonchev–Trinajstić information content (AvgIpc) is 3.52. The van der Waals surface area contributed by atoms with Crippen LogP contribution in [-0.2, 0) is 12.7 Å². The molecule has 2 aromatic carbocycles. The van der Waals surface area contributed by atoms with Crippen LogP contribution in [0.15, 0.2) is 85.0 Å². The van der Waals surface area contributed by atoms with Crippen molar-refractivity contribution in [3.05, 3.63) is 101 Å². The van der Waals surface area contributed by atoms with Gasteiger partial charge in [-0.05, 0) is 0 Å². The van der Waals surface area contributed by atoms with Crippen LogP contribution in [0.4, 0.5) is 0 Å². The van der Waals surface area contributed by atoms with Gasteiger partial charge < -0.3 is 0 Å². The van der Waals surface area contributed by atoms with Gasteiger partial charge in [-0.2, -0.15) is 0 Å². The summed E-state index contributed by atoms with van der Waals surface area (Å²) in [6.45, 7) is 4.36. The van der Waals surface area contributed by atoms with Crippen molar-refractivity contribution in [2.24, 2.45) is 0 Å². The summed E-state index contributed by atoms with van der Waals surface area (Å²) in [7, 11) is 17.3. The summed E-state index contributed by atoms with van der Waals surface area (Å²) in [5, 5.41) is 0. The predicted molar refractivity (Wildman–Crippen MR) is 143 cm³/mol. The standard InChI is InChI=1S/C13H9.C5H5S.C5H5.C4H9.CH2.2ClH.Hf/c1-3-7-12-10(5-1)9-11-6-2-4-8-13(11)12;1-5-3-2-4-6-5;1-2-4-5-3-1;1-3-4-2;;;;/h1-9H;2-3H,1H3;1-5H;1,3-4H2,2H3;1H2;2*1H;/q;;;;;;;+2/p-2. The first-order chi connectivity index (χ1) is 15.1. The van der Waals surface area contributed by atoms with E-state index >= 15 is 0 Å². The molecule has 0 aliphatic heterocycles. The zero-order chi connectivity index (χ0) is 22.7. The normalized spacial score (nSPS) is 19.2. The van der Waals surface area contributed by atoms with Gasteiger partial charge in [0.05, 0.1) is 0 Å². The van der Waals surface area contributed by atoms with E-state index in [2.05, 4.69) is 98.8 Å². The average molecular weight is 648 g/mol. The molecular formula is C28H30Cl2HfS. The first kappa shape index (κ1) is 22.7. The van der Waals surface area contributed by atoms with Crippen molar-refractivity contribution in [1.29, 1.82) is 0 Å². The second kappa shape index (κ2) is 6.54. The number of thiophene rings is 1. The number of hydrogen-bond acceptors (Lipinski definition) is 1. The molecule has 0 amide bonds. The van der Waals surface area contributed by atoms with Gasteiger partial charge in [-0.25, -0.2) is 0 Å². The molecule has 0 unspecified atom stereocenters. The number of halogens is 2. The Morgan fingerprint density at radius 2 is 1.44 bits per heavy atom. The topological polar surface area (TPSA) is 0 Å². The molecule has 0 spiro atoms. The number of hydrogen-bond donors (Lipinski definition) is 0. The number of rotatable bonds is 6. The van der Waals surface area contributed by atoms with Crippen molar-refractivity contribution in [3.63, 3.8) is 0 Å². The Balaban J connectivity index is 2.04. The van der Waals surface area contributed by atoms with Crippen LogP contribution in [0.5, 0.6) is 0 Å². The summed E-state index contributed by atoms with van der Waals surface area (Å²) >= 11 is -4.63. The van der Waals surface area contributed by atoms with E-state index < -0.39 is 12.7 Å². The second-order valence-corrected chi connectivity index (χ2v) is 67.3. The Labute approximate surface area is 196 Å². The summed E-state index contributed by atoms with van der Waals surface area (Å²) < 4.78 is 6.85.